The highest BCUT2D eigenvalue weighted by molar-refractivity contribution is 5.75. The normalized spacial score (nSPS) is 12.4. The Morgan fingerprint density at radius 1 is 1.19 bits per heavy atom. The van der Waals surface area contributed by atoms with E-state index >= 15 is 0 Å². The molecule has 0 bridgehead atoms. The molecular weight excluding hydrogens is 264 g/mol. The molecular formula is C17H20N2O2. The quantitative estimate of drug-likeness (QED) is 0.914. The Kier molecular flexibility index (Phi) is 4.68. The van der Waals surface area contributed by atoms with E-state index in [2.05, 4.69) is 9.97 Å². The number of aliphatic carboxylic acids is 1. The molecule has 0 spiro atoms. The molecule has 1 aromatic carbocycles. The van der Waals surface area contributed by atoms with E-state index in [0.29, 0.717) is 17.9 Å². The monoisotopic (exact) mass is 284 g/mol. The fourth-order valence-corrected chi connectivity index (χ4v) is 2.22. The zero-order chi connectivity index (χ0) is 15.4. The summed E-state index contributed by atoms with van der Waals surface area (Å²) in [4.78, 5) is 20.5. The largest absolute Gasteiger partial charge is 0.481 e. The molecule has 21 heavy (non-hydrogen) atoms. The Hall–Kier alpha value is -2.23. The van der Waals surface area contributed by atoms with Crippen molar-refractivity contribution in [1.29, 1.82) is 0 Å². The average molecular weight is 284 g/mol. The number of carboxylic acids is 1. The van der Waals surface area contributed by atoms with Crippen molar-refractivity contribution in [2.45, 2.75) is 39.0 Å². The van der Waals surface area contributed by atoms with E-state index in [1.165, 1.54) is 0 Å². The number of hydrogen-bond donors (Lipinski definition) is 1. The van der Waals surface area contributed by atoms with Gasteiger partial charge < -0.3 is 5.11 Å². The molecule has 0 aliphatic heterocycles. The zero-order valence-electron chi connectivity index (χ0n) is 12.6. The molecule has 0 saturated heterocycles. The van der Waals surface area contributed by atoms with Crippen LogP contribution >= 0.6 is 0 Å². The van der Waals surface area contributed by atoms with Gasteiger partial charge >= 0.3 is 5.97 Å². The highest BCUT2D eigenvalue weighted by Gasteiger charge is 2.23. The van der Waals surface area contributed by atoms with Crippen LogP contribution in [0.25, 0.3) is 0 Å². The molecule has 2 aromatic rings. The number of aryl methyl sites for hydroxylation is 1. The first-order valence-corrected chi connectivity index (χ1v) is 7.09. The zero-order valence-corrected chi connectivity index (χ0v) is 12.6. The number of carboxylic acid groups (broad SMARTS) is 1. The van der Waals surface area contributed by atoms with Gasteiger partial charge in [0.05, 0.1) is 5.69 Å². The Morgan fingerprint density at radius 3 is 2.43 bits per heavy atom. The van der Waals surface area contributed by atoms with Crippen LogP contribution in [0.3, 0.4) is 0 Å². The van der Waals surface area contributed by atoms with Crippen molar-refractivity contribution in [2.75, 3.05) is 0 Å². The summed E-state index contributed by atoms with van der Waals surface area (Å²) in [5, 5.41) is 9.55. The van der Waals surface area contributed by atoms with Gasteiger partial charge in [0.15, 0.2) is 0 Å². The number of nitrogens with zero attached hydrogens (tertiary/aromatic N) is 2. The molecule has 1 N–H and O–H groups in total. The number of benzene rings is 1. The summed E-state index contributed by atoms with van der Waals surface area (Å²) in [6.45, 7) is 5.88. The van der Waals surface area contributed by atoms with E-state index < -0.39 is 11.9 Å². The summed E-state index contributed by atoms with van der Waals surface area (Å²) >= 11 is 0. The smallest absolute Gasteiger partial charge is 0.312 e. The molecule has 1 aromatic heterocycles. The maximum atomic E-state index is 11.6. The Balaban J connectivity index is 2.36. The average Bonchev–Trinajstić information content (AvgIpc) is 2.44. The second-order valence-corrected chi connectivity index (χ2v) is 5.53. The Labute approximate surface area is 124 Å². The molecule has 0 fully saturated rings. The topological polar surface area (TPSA) is 63.1 Å². The SMILES string of the molecule is Cc1cc(C(Cc2ccccc2)C(=O)O)nc(C(C)C)n1. The minimum Gasteiger partial charge on any atom is -0.481 e. The van der Waals surface area contributed by atoms with Crippen molar-refractivity contribution in [1.82, 2.24) is 9.97 Å². The minimum atomic E-state index is -0.855. The van der Waals surface area contributed by atoms with E-state index in [-0.39, 0.29) is 5.92 Å². The van der Waals surface area contributed by atoms with Crippen LogP contribution in [-0.4, -0.2) is 21.0 Å². The molecule has 110 valence electrons. The van der Waals surface area contributed by atoms with Crippen LogP contribution in [0, 0.1) is 6.92 Å². The van der Waals surface area contributed by atoms with Crippen LogP contribution in [0.5, 0.6) is 0 Å². The minimum absolute atomic E-state index is 0.176. The van der Waals surface area contributed by atoms with Gasteiger partial charge in [0, 0.05) is 11.6 Å². The molecule has 0 amide bonds. The van der Waals surface area contributed by atoms with Gasteiger partial charge in [-0.3, -0.25) is 4.79 Å². The van der Waals surface area contributed by atoms with Gasteiger partial charge in [-0.25, -0.2) is 9.97 Å². The van der Waals surface area contributed by atoms with Gasteiger partial charge in [-0.05, 0) is 25.0 Å². The fourth-order valence-electron chi connectivity index (χ4n) is 2.22. The Morgan fingerprint density at radius 2 is 1.86 bits per heavy atom. The van der Waals surface area contributed by atoms with E-state index in [4.69, 9.17) is 0 Å². The molecule has 4 nitrogen and oxygen atoms in total. The fraction of sp³-hybridized carbons (Fsp3) is 0.353. The van der Waals surface area contributed by atoms with Crippen molar-refractivity contribution in [2.24, 2.45) is 0 Å². The van der Waals surface area contributed by atoms with Crippen LogP contribution in [0.1, 0.15) is 48.5 Å². The lowest BCUT2D eigenvalue weighted by atomic mass is 9.95. The van der Waals surface area contributed by atoms with Crippen molar-refractivity contribution in [3.8, 4) is 0 Å². The second-order valence-electron chi connectivity index (χ2n) is 5.53. The maximum absolute atomic E-state index is 11.6. The molecule has 0 aliphatic carbocycles. The number of carbonyl (C=O) groups is 1. The summed E-state index contributed by atoms with van der Waals surface area (Å²) in [7, 11) is 0. The van der Waals surface area contributed by atoms with E-state index in [9.17, 15) is 9.90 Å². The van der Waals surface area contributed by atoms with Crippen molar-refractivity contribution < 1.29 is 9.90 Å². The van der Waals surface area contributed by atoms with Crippen molar-refractivity contribution in [3.63, 3.8) is 0 Å². The third-order valence-corrected chi connectivity index (χ3v) is 3.35. The van der Waals surface area contributed by atoms with Crippen LogP contribution in [0.15, 0.2) is 36.4 Å². The number of rotatable bonds is 5. The van der Waals surface area contributed by atoms with Crippen molar-refractivity contribution >= 4 is 5.97 Å². The van der Waals surface area contributed by atoms with Crippen LogP contribution in [0.2, 0.25) is 0 Å². The van der Waals surface area contributed by atoms with E-state index in [0.717, 1.165) is 11.3 Å². The molecule has 0 radical (unpaired) electrons. The van der Waals surface area contributed by atoms with Gasteiger partial charge in [-0.1, -0.05) is 44.2 Å². The third kappa shape index (κ3) is 3.88. The van der Waals surface area contributed by atoms with E-state index in [1.54, 1.807) is 6.07 Å². The van der Waals surface area contributed by atoms with Crippen LogP contribution in [0.4, 0.5) is 0 Å². The molecule has 2 rings (SSSR count). The maximum Gasteiger partial charge on any atom is 0.312 e. The van der Waals surface area contributed by atoms with Gasteiger partial charge in [-0.15, -0.1) is 0 Å². The molecule has 1 unspecified atom stereocenters. The predicted molar refractivity (Wildman–Crippen MR) is 81.4 cm³/mol. The predicted octanol–water partition coefficient (Wildman–Crippen LogP) is 3.32. The number of aromatic nitrogens is 2. The lowest BCUT2D eigenvalue weighted by molar-refractivity contribution is -0.138. The second kappa shape index (κ2) is 6.48. The number of hydrogen-bond acceptors (Lipinski definition) is 3. The lowest BCUT2D eigenvalue weighted by Gasteiger charge is -2.15. The standard InChI is InChI=1S/C17H20N2O2/c1-11(2)16-18-12(3)9-15(19-16)14(17(20)21)10-13-7-5-4-6-8-13/h4-9,11,14H,10H2,1-3H3,(H,20,21). The van der Waals surface area contributed by atoms with Gasteiger partial charge in [0.25, 0.3) is 0 Å². The molecule has 0 saturated carbocycles. The van der Waals surface area contributed by atoms with Gasteiger partial charge in [-0.2, -0.15) is 0 Å². The first kappa shape index (κ1) is 15.2. The molecule has 0 aliphatic rings. The highest BCUT2D eigenvalue weighted by atomic mass is 16.4. The third-order valence-electron chi connectivity index (χ3n) is 3.35. The van der Waals surface area contributed by atoms with Gasteiger partial charge in [0.2, 0.25) is 0 Å². The van der Waals surface area contributed by atoms with Gasteiger partial charge in [0.1, 0.15) is 11.7 Å². The van der Waals surface area contributed by atoms with E-state index in [1.807, 2.05) is 51.1 Å². The molecule has 1 atom stereocenters. The van der Waals surface area contributed by atoms with Crippen LogP contribution in [-0.2, 0) is 11.2 Å². The Bertz CT molecular complexity index is 624. The summed E-state index contributed by atoms with van der Waals surface area (Å²) in [6, 6.07) is 11.4. The van der Waals surface area contributed by atoms with Crippen LogP contribution < -0.4 is 0 Å². The first-order valence-electron chi connectivity index (χ1n) is 7.09. The lowest BCUT2D eigenvalue weighted by Crippen LogP contribution is -2.17. The summed E-state index contributed by atoms with van der Waals surface area (Å²) < 4.78 is 0. The summed E-state index contributed by atoms with van der Waals surface area (Å²) in [6.07, 6.45) is 0.435. The molecule has 1 heterocycles. The summed E-state index contributed by atoms with van der Waals surface area (Å²) in [5.74, 6) is -0.627. The molecule has 4 heteroatoms. The first-order chi connectivity index (χ1) is 9.97. The summed E-state index contributed by atoms with van der Waals surface area (Å²) in [5.41, 5.74) is 2.39. The highest BCUT2D eigenvalue weighted by Crippen LogP contribution is 2.22. The van der Waals surface area contributed by atoms with Crippen molar-refractivity contribution in [3.05, 3.63) is 59.2 Å².